The molecule has 0 aromatic heterocycles. The summed E-state index contributed by atoms with van der Waals surface area (Å²) in [7, 11) is 0. The topological polar surface area (TPSA) is 0 Å². The largest absolute Gasteiger partial charge is 0.103 e. The maximum absolute atomic E-state index is 3.75. The smallest absolute Gasteiger partial charge is 0.00996 e. The Morgan fingerprint density at radius 1 is 1.25 bits per heavy atom. The summed E-state index contributed by atoms with van der Waals surface area (Å²) in [5.74, 6) is 0. The summed E-state index contributed by atoms with van der Waals surface area (Å²) in [6, 6.07) is 0. The molecule has 0 radical (unpaired) electrons. The summed E-state index contributed by atoms with van der Waals surface area (Å²) in [5.41, 5.74) is 3.40. The molecule has 0 aliphatic heterocycles. The van der Waals surface area contributed by atoms with E-state index in [0.29, 0.717) is 0 Å². The zero-order chi connectivity index (χ0) is 8.81. The number of rotatable bonds is 7. The molecule has 0 heteroatoms. The summed E-state index contributed by atoms with van der Waals surface area (Å²) >= 11 is 0. The summed E-state index contributed by atoms with van der Waals surface area (Å²) in [6.07, 6.45) is 11.4. The summed E-state index contributed by atoms with van der Waals surface area (Å²) in [6.45, 7) is 6.01. The van der Waals surface area contributed by atoms with Crippen LogP contribution in [0.1, 0.15) is 51.9 Å². The average Bonchev–Trinajstić information content (AvgIpc) is 2.79. The summed E-state index contributed by atoms with van der Waals surface area (Å²) in [4.78, 5) is 0. The van der Waals surface area contributed by atoms with Gasteiger partial charge in [0.1, 0.15) is 0 Å². The number of unbranched alkanes of at least 4 members (excludes halogenated alkanes) is 3. The zero-order valence-corrected chi connectivity index (χ0v) is 8.23. The molecule has 0 fully saturated rings. The third-order valence-electron chi connectivity index (χ3n) is 2.52. The Bertz CT molecular complexity index is 174. The summed E-state index contributed by atoms with van der Waals surface area (Å²) < 4.78 is 0. The van der Waals surface area contributed by atoms with Gasteiger partial charge in [-0.1, -0.05) is 43.4 Å². The van der Waals surface area contributed by atoms with E-state index in [1.54, 1.807) is 11.1 Å². The Labute approximate surface area is 76.4 Å². The number of allylic oxidation sites excluding steroid dienone is 3. The van der Waals surface area contributed by atoms with Crippen LogP contribution in [0.25, 0.3) is 0 Å². The van der Waals surface area contributed by atoms with Gasteiger partial charge in [0, 0.05) is 0 Å². The minimum Gasteiger partial charge on any atom is -0.103 e. The maximum atomic E-state index is 3.75. The zero-order valence-electron chi connectivity index (χ0n) is 8.23. The first-order valence-electron chi connectivity index (χ1n) is 5.19. The molecule has 1 aliphatic carbocycles. The van der Waals surface area contributed by atoms with E-state index < -0.39 is 0 Å². The molecular formula is C12H20. The second-order valence-corrected chi connectivity index (χ2v) is 3.69. The SMILES string of the molecule is C=CCC1=C(CCCCCC)C1. The normalized spacial score (nSPS) is 15.1. The second kappa shape index (κ2) is 5.18. The van der Waals surface area contributed by atoms with Gasteiger partial charge < -0.3 is 0 Å². The summed E-state index contributed by atoms with van der Waals surface area (Å²) in [5, 5.41) is 0. The lowest BCUT2D eigenvalue weighted by molar-refractivity contribution is 0.668. The van der Waals surface area contributed by atoms with E-state index in [4.69, 9.17) is 0 Å². The molecule has 0 amide bonds. The maximum Gasteiger partial charge on any atom is -0.00996 e. The Hall–Kier alpha value is -0.520. The molecule has 68 valence electrons. The van der Waals surface area contributed by atoms with Crippen molar-refractivity contribution in [1.29, 1.82) is 0 Å². The van der Waals surface area contributed by atoms with Gasteiger partial charge in [0.2, 0.25) is 0 Å². The fourth-order valence-electron chi connectivity index (χ4n) is 1.63. The van der Waals surface area contributed by atoms with E-state index in [1.165, 1.54) is 38.5 Å². The molecule has 0 aromatic rings. The van der Waals surface area contributed by atoms with Crippen molar-refractivity contribution < 1.29 is 0 Å². The number of hydrogen-bond donors (Lipinski definition) is 0. The van der Waals surface area contributed by atoms with Crippen molar-refractivity contribution in [2.75, 3.05) is 0 Å². The van der Waals surface area contributed by atoms with Crippen LogP contribution in [0.5, 0.6) is 0 Å². The molecule has 0 spiro atoms. The minimum absolute atomic E-state index is 1.14. The van der Waals surface area contributed by atoms with Crippen LogP contribution in [0.15, 0.2) is 23.8 Å². The van der Waals surface area contributed by atoms with Gasteiger partial charge in [0.25, 0.3) is 0 Å². The van der Waals surface area contributed by atoms with Crippen LogP contribution in [0.2, 0.25) is 0 Å². The Morgan fingerprint density at radius 2 is 2.08 bits per heavy atom. The van der Waals surface area contributed by atoms with Crippen LogP contribution < -0.4 is 0 Å². The molecule has 0 unspecified atom stereocenters. The molecule has 0 aromatic carbocycles. The van der Waals surface area contributed by atoms with Gasteiger partial charge in [-0.15, -0.1) is 6.58 Å². The Kier molecular flexibility index (Phi) is 4.13. The van der Waals surface area contributed by atoms with Crippen molar-refractivity contribution in [1.82, 2.24) is 0 Å². The van der Waals surface area contributed by atoms with E-state index in [1.807, 2.05) is 6.08 Å². The lowest BCUT2D eigenvalue weighted by atomic mass is 10.1. The van der Waals surface area contributed by atoms with Crippen LogP contribution in [0.4, 0.5) is 0 Å². The highest BCUT2D eigenvalue weighted by atomic mass is 14.2. The molecule has 0 saturated carbocycles. The van der Waals surface area contributed by atoms with E-state index in [0.717, 1.165) is 6.42 Å². The van der Waals surface area contributed by atoms with E-state index in [-0.39, 0.29) is 0 Å². The van der Waals surface area contributed by atoms with Gasteiger partial charge in [-0.05, 0) is 25.7 Å². The highest BCUT2D eigenvalue weighted by Crippen LogP contribution is 2.37. The molecule has 1 aliphatic rings. The Morgan fingerprint density at radius 3 is 2.75 bits per heavy atom. The molecule has 0 nitrogen and oxygen atoms in total. The van der Waals surface area contributed by atoms with Gasteiger partial charge in [0.15, 0.2) is 0 Å². The van der Waals surface area contributed by atoms with E-state index in [2.05, 4.69) is 13.5 Å². The van der Waals surface area contributed by atoms with Crippen molar-refractivity contribution in [3.63, 3.8) is 0 Å². The van der Waals surface area contributed by atoms with Crippen LogP contribution in [-0.2, 0) is 0 Å². The molecule has 0 heterocycles. The lowest BCUT2D eigenvalue weighted by Crippen LogP contribution is -1.74. The standard InChI is InChI=1S/C12H20/c1-3-5-6-7-9-12-10-11(12)8-4-2/h4H,2-3,5-10H2,1H3. The first kappa shape index (κ1) is 9.57. The molecule has 0 saturated heterocycles. The predicted octanol–water partition coefficient (Wildman–Crippen LogP) is 4.23. The fraction of sp³-hybridized carbons (Fsp3) is 0.667. The van der Waals surface area contributed by atoms with Crippen LogP contribution in [0.3, 0.4) is 0 Å². The average molecular weight is 164 g/mol. The first-order valence-corrected chi connectivity index (χ1v) is 5.19. The molecule has 1 rings (SSSR count). The van der Waals surface area contributed by atoms with Gasteiger partial charge in [0.05, 0.1) is 0 Å². The molecule has 0 atom stereocenters. The third kappa shape index (κ3) is 3.25. The van der Waals surface area contributed by atoms with E-state index >= 15 is 0 Å². The van der Waals surface area contributed by atoms with Crippen molar-refractivity contribution in [2.45, 2.75) is 51.9 Å². The van der Waals surface area contributed by atoms with E-state index in [9.17, 15) is 0 Å². The first-order chi connectivity index (χ1) is 5.88. The van der Waals surface area contributed by atoms with Crippen molar-refractivity contribution in [3.05, 3.63) is 23.8 Å². The minimum atomic E-state index is 1.14. The van der Waals surface area contributed by atoms with Crippen molar-refractivity contribution in [2.24, 2.45) is 0 Å². The van der Waals surface area contributed by atoms with Crippen molar-refractivity contribution in [3.8, 4) is 0 Å². The predicted molar refractivity (Wildman–Crippen MR) is 55.2 cm³/mol. The quantitative estimate of drug-likeness (QED) is 0.390. The fourth-order valence-corrected chi connectivity index (χ4v) is 1.63. The molecule has 0 bridgehead atoms. The van der Waals surface area contributed by atoms with Gasteiger partial charge in [-0.25, -0.2) is 0 Å². The highest BCUT2D eigenvalue weighted by molar-refractivity contribution is 5.36. The number of hydrogen-bond acceptors (Lipinski definition) is 0. The van der Waals surface area contributed by atoms with Crippen LogP contribution >= 0.6 is 0 Å². The highest BCUT2D eigenvalue weighted by Gasteiger charge is 2.18. The van der Waals surface area contributed by atoms with Gasteiger partial charge in [-0.2, -0.15) is 0 Å². The van der Waals surface area contributed by atoms with Crippen LogP contribution in [0, 0.1) is 0 Å². The third-order valence-corrected chi connectivity index (χ3v) is 2.52. The second-order valence-electron chi connectivity index (χ2n) is 3.69. The molecule has 12 heavy (non-hydrogen) atoms. The van der Waals surface area contributed by atoms with Crippen molar-refractivity contribution >= 4 is 0 Å². The monoisotopic (exact) mass is 164 g/mol. The van der Waals surface area contributed by atoms with Gasteiger partial charge >= 0.3 is 0 Å². The Balaban J connectivity index is 1.98. The van der Waals surface area contributed by atoms with Gasteiger partial charge in [-0.3, -0.25) is 0 Å². The molecular weight excluding hydrogens is 144 g/mol. The lowest BCUT2D eigenvalue weighted by Gasteiger charge is -1.93. The van der Waals surface area contributed by atoms with Crippen LogP contribution in [-0.4, -0.2) is 0 Å². The molecule has 0 N–H and O–H groups in total.